The number of anilines is 1. The van der Waals surface area contributed by atoms with Gasteiger partial charge in [-0.15, -0.1) is 11.6 Å². The maximum absolute atomic E-state index is 11.3. The van der Waals surface area contributed by atoms with E-state index in [4.69, 9.17) is 11.6 Å². The van der Waals surface area contributed by atoms with Gasteiger partial charge in [0.05, 0.1) is 5.39 Å². The van der Waals surface area contributed by atoms with E-state index in [1.807, 2.05) is 42.5 Å². The largest absolute Gasteiger partial charge is 0.363 e. The van der Waals surface area contributed by atoms with Crippen LogP contribution in [0, 0.1) is 0 Å². The number of nitrogens with one attached hydrogen (secondary N) is 3. The first-order valence-electron chi connectivity index (χ1n) is 9.71. The van der Waals surface area contributed by atoms with E-state index in [9.17, 15) is 4.79 Å². The second kappa shape index (κ2) is 8.97. The molecule has 0 aliphatic rings. The van der Waals surface area contributed by atoms with Crippen molar-refractivity contribution in [2.24, 2.45) is 0 Å². The highest BCUT2D eigenvalue weighted by molar-refractivity contribution is 6.27. The molecule has 0 aliphatic heterocycles. The summed E-state index contributed by atoms with van der Waals surface area (Å²) in [5.41, 5.74) is 4.96. The van der Waals surface area contributed by atoms with Crippen LogP contribution in [0.25, 0.3) is 22.3 Å². The van der Waals surface area contributed by atoms with Gasteiger partial charge >= 0.3 is 0 Å². The predicted molar refractivity (Wildman–Crippen MR) is 120 cm³/mol. The number of benzene rings is 2. The van der Waals surface area contributed by atoms with Gasteiger partial charge < -0.3 is 15.6 Å². The van der Waals surface area contributed by atoms with Crippen molar-refractivity contribution in [3.63, 3.8) is 0 Å². The van der Waals surface area contributed by atoms with Gasteiger partial charge in [-0.3, -0.25) is 4.79 Å². The highest BCUT2D eigenvalue weighted by atomic mass is 35.5. The molecule has 2 aromatic heterocycles. The number of fused-ring (bicyclic) bond motifs is 1. The summed E-state index contributed by atoms with van der Waals surface area (Å²) in [4.78, 5) is 23.5. The van der Waals surface area contributed by atoms with E-state index in [0.717, 1.165) is 33.7 Å². The molecule has 1 atom stereocenters. The maximum Gasteiger partial charge on any atom is 0.235 e. The normalized spacial score (nSPS) is 11.9. The Morgan fingerprint density at radius 2 is 1.87 bits per heavy atom. The van der Waals surface area contributed by atoms with Crippen molar-refractivity contribution in [1.29, 1.82) is 0 Å². The quantitative estimate of drug-likeness (QED) is 0.381. The van der Waals surface area contributed by atoms with Gasteiger partial charge in [-0.05, 0) is 29.7 Å². The van der Waals surface area contributed by atoms with E-state index in [1.165, 1.54) is 5.56 Å². The molecule has 4 rings (SSSR count). The highest BCUT2D eigenvalue weighted by Gasteiger charge is 2.12. The molecule has 1 amide bonds. The topological polar surface area (TPSA) is 82.7 Å². The number of amides is 1. The summed E-state index contributed by atoms with van der Waals surface area (Å²) in [6.45, 7) is 2.56. The van der Waals surface area contributed by atoms with Crippen molar-refractivity contribution in [1.82, 2.24) is 20.3 Å². The summed E-state index contributed by atoms with van der Waals surface area (Å²) in [7, 11) is 0. The van der Waals surface area contributed by atoms with Crippen LogP contribution in [0.3, 0.4) is 0 Å². The summed E-state index contributed by atoms with van der Waals surface area (Å²) in [5, 5.41) is 7.19. The second-order valence-corrected chi connectivity index (χ2v) is 7.32. The number of halogens is 1. The molecule has 7 heteroatoms. The van der Waals surface area contributed by atoms with Crippen molar-refractivity contribution in [3.05, 3.63) is 78.1 Å². The molecule has 3 N–H and O–H groups in total. The molecule has 30 heavy (non-hydrogen) atoms. The van der Waals surface area contributed by atoms with Gasteiger partial charge in [-0.1, -0.05) is 54.6 Å². The Morgan fingerprint density at radius 3 is 2.60 bits per heavy atom. The van der Waals surface area contributed by atoms with Gasteiger partial charge in [-0.25, -0.2) is 9.97 Å². The van der Waals surface area contributed by atoms with Crippen molar-refractivity contribution < 1.29 is 4.79 Å². The summed E-state index contributed by atoms with van der Waals surface area (Å²) >= 11 is 5.51. The van der Waals surface area contributed by atoms with Gasteiger partial charge in [-0.2, -0.15) is 0 Å². The highest BCUT2D eigenvalue weighted by Crippen LogP contribution is 2.29. The lowest BCUT2D eigenvalue weighted by Gasteiger charge is -2.15. The zero-order valence-electron chi connectivity index (χ0n) is 16.5. The van der Waals surface area contributed by atoms with Crippen LogP contribution < -0.4 is 10.6 Å². The molecule has 1 unspecified atom stereocenters. The molecular formula is C23H22ClN5O. The van der Waals surface area contributed by atoms with Crippen LogP contribution in [-0.2, 0) is 11.3 Å². The molecule has 0 aliphatic carbocycles. The predicted octanol–water partition coefficient (Wildman–Crippen LogP) is 4.65. The number of rotatable bonds is 7. The van der Waals surface area contributed by atoms with Crippen LogP contribution in [0.5, 0.6) is 0 Å². The minimum Gasteiger partial charge on any atom is -0.363 e. The van der Waals surface area contributed by atoms with Gasteiger partial charge in [0.2, 0.25) is 5.91 Å². The van der Waals surface area contributed by atoms with Crippen LogP contribution in [0.4, 0.5) is 5.82 Å². The Balaban J connectivity index is 1.55. The van der Waals surface area contributed by atoms with Crippen LogP contribution >= 0.6 is 11.6 Å². The number of aromatic nitrogens is 3. The summed E-state index contributed by atoms with van der Waals surface area (Å²) in [6, 6.07) is 20.4. The van der Waals surface area contributed by atoms with Crippen molar-refractivity contribution >= 4 is 34.4 Å². The van der Waals surface area contributed by atoms with E-state index in [0.29, 0.717) is 6.54 Å². The number of hydrogen-bond donors (Lipinski definition) is 3. The van der Waals surface area contributed by atoms with E-state index < -0.39 is 0 Å². The first-order valence-corrected chi connectivity index (χ1v) is 10.2. The third-order valence-corrected chi connectivity index (χ3v) is 5.20. The van der Waals surface area contributed by atoms with Crippen LogP contribution in [-0.4, -0.2) is 26.7 Å². The molecule has 0 bridgehead atoms. The smallest absolute Gasteiger partial charge is 0.235 e. The molecule has 4 aromatic rings. The Hall–Kier alpha value is -3.38. The lowest BCUT2D eigenvalue weighted by molar-refractivity contribution is -0.118. The minimum absolute atomic E-state index is 0.0343. The summed E-state index contributed by atoms with van der Waals surface area (Å²) in [6.07, 6.45) is 1.56. The van der Waals surface area contributed by atoms with Gasteiger partial charge in [0, 0.05) is 18.3 Å². The average Bonchev–Trinajstić information content (AvgIpc) is 3.24. The SMILES string of the molecule is CC(Nc1ncnc2[nH]c(-c3ccc(CNC(=O)CCl)cc3)cc12)c1ccccc1. The Morgan fingerprint density at radius 1 is 1.10 bits per heavy atom. The Bertz CT molecular complexity index is 1140. The third kappa shape index (κ3) is 4.44. The number of hydrogen-bond acceptors (Lipinski definition) is 4. The number of aromatic amines is 1. The second-order valence-electron chi connectivity index (χ2n) is 7.05. The molecule has 2 heterocycles. The first kappa shape index (κ1) is 19.9. The van der Waals surface area contributed by atoms with Crippen molar-refractivity contribution in [2.75, 3.05) is 11.2 Å². The maximum atomic E-state index is 11.3. The fourth-order valence-electron chi connectivity index (χ4n) is 3.29. The zero-order valence-corrected chi connectivity index (χ0v) is 17.3. The molecule has 0 saturated carbocycles. The number of carbonyl (C=O) groups is 1. The molecule has 0 spiro atoms. The fraction of sp³-hybridized carbons (Fsp3) is 0.174. The zero-order chi connectivity index (χ0) is 20.9. The lowest BCUT2D eigenvalue weighted by Crippen LogP contribution is -2.23. The number of alkyl halides is 1. The van der Waals surface area contributed by atoms with Crippen molar-refractivity contribution in [2.45, 2.75) is 19.5 Å². The first-order chi connectivity index (χ1) is 14.6. The molecule has 2 aromatic carbocycles. The van der Waals surface area contributed by atoms with E-state index in [-0.39, 0.29) is 17.8 Å². The van der Waals surface area contributed by atoms with Crippen LogP contribution in [0.1, 0.15) is 24.1 Å². The standard InChI is InChI=1S/C23H22ClN5O/c1-15(17-5-3-2-4-6-17)28-22-19-11-20(29-23(19)27-14-26-22)18-9-7-16(8-10-18)13-25-21(30)12-24/h2-11,14-15H,12-13H2,1H3,(H,25,30)(H2,26,27,28,29). The third-order valence-electron chi connectivity index (χ3n) is 4.95. The van der Waals surface area contributed by atoms with E-state index >= 15 is 0 Å². The van der Waals surface area contributed by atoms with Gasteiger partial charge in [0.1, 0.15) is 23.7 Å². The van der Waals surface area contributed by atoms with E-state index in [2.05, 4.69) is 50.7 Å². The molecule has 0 saturated heterocycles. The Kier molecular flexibility index (Phi) is 5.95. The average molecular weight is 420 g/mol. The van der Waals surface area contributed by atoms with Crippen LogP contribution in [0.2, 0.25) is 0 Å². The van der Waals surface area contributed by atoms with E-state index in [1.54, 1.807) is 6.33 Å². The Labute approximate surface area is 179 Å². The minimum atomic E-state index is -0.181. The lowest BCUT2D eigenvalue weighted by atomic mass is 10.1. The number of H-pyrrole nitrogens is 1. The summed E-state index contributed by atoms with van der Waals surface area (Å²) in [5.74, 6) is 0.576. The molecule has 0 radical (unpaired) electrons. The fourth-order valence-corrected chi connectivity index (χ4v) is 3.39. The van der Waals surface area contributed by atoms with Crippen molar-refractivity contribution in [3.8, 4) is 11.3 Å². The van der Waals surface area contributed by atoms with Gasteiger partial charge in [0.25, 0.3) is 0 Å². The summed E-state index contributed by atoms with van der Waals surface area (Å²) < 4.78 is 0. The molecule has 0 fully saturated rings. The molecule has 152 valence electrons. The van der Waals surface area contributed by atoms with Crippen LogP contribution in [0.15, 0.2) is 67.0 Å². The molecular weight excluding hydrogens is 398 g/mol. The number of carbonyl (C=O) groups excluding carboxylic acids is 1. The number of nitrogens with zero attached hydrogens (tertiary/aromatic N) is 2. The van der Waals surface area contributed by atoms with Gasteiger partial charge in [0.15, 0.2) is 0 Å². The molecule has 6 nitrogen and oxygen atoms in total. The monoisotopic (exact) mass is 419 g/mol.